The molecular formula is C25H24ClN3O4S. The number of anilines is 1. The van der Waals surface area contributed by atoms with Crippen LogP contribution in [0.4, 0.5) is 5.13 Å². The van der Waals surface area contributed by atoms with E-state index in [9.17, 15) is 9.90 Å². The fourth-order valence-corrected chi connectivity index (χ4v) is 6.04. The number of halogens is 1. The van der Waals surface area contributed by atoms with Gasteiger partial charge in [0, 0.05) is 29.2 Å². The third kappa shape index (κ3) is 3.84. The highest BCUT2D eigenvalue weighted by molar-refractivity contribution is 7.15. The van der Waals surface area contributed by atoms with E-state index in [1.54, 1.807) is 6.20 Å². The van der Waals surface area contributed by atoms with Crippen LogP contribution in [0.3, 0.4) is 0 Å². The smallest absolute Gasteiger partial charge is 0.236 e. The molecule has 0 radical (unpaired) electrons. The van der Waals surface area contributed by atoms with E-state index in [-0.39, 0.29) is 18.7 Å². The van der Waals surface area contributed by atoms with Gasteiger partial charge in [0.25, 0.3) is 0 Å². The Balaban J connectivity index is 1.15. The van der Waals surface area contributed by atoms with Crippen LogP contribution in [0.1, 0.15) is 41.3 Å². The van der Waals surface area contributed by atoms with E-state index in [4.69, 9.17) is 21.1 Å². The zero-order valence-corrected chi connectivity index (χ0v) is 19.9. The molecule has 2 atom stereocenters. The molecule has 1 aliphatic carbocycles. The van der Waals surface area contributed by atoms with Crippen LogP contribution in [-0.2, 0) is 16.8 Å². The largest absolute Gasteiger partial charge is 0.454 e. The molecule has 6 rings (SSSR count). The number of thiazole rings is 1. The molecule has 3 aliphatic rings. The third-order valence-electron chi connectivity index (χ3n) is 6.94. The second-order valence-electron chi connectivity index (χ2n) is 9.03. The molecule has 1 amide bonds. The summed E-state index contributed by atoms with van der Waals surface area (Å²) in [7, 11) is 0. The van der Waals surface area contributed by atoms with Crippen LogP contribution in [-0.4, -0.2) is 40.3 Å². The van der Waals surface area contributed by atoms with Crippen LogP contribution in [0.2, 0.25) is 5.02 Å². The molecule has 9 heteroatoms. The van der Waals surface area contributed by atoms with E-state index in [2.05, 4.69) is 15.2 Å². The Labute approximate surface area is 206 Å². The zero-order chi connectivity index (χ0) is 23.3. The zero-order valence-electron chi connectivity index (χ0n) is 18.4. The first-order chi connectivity index (χ1) is 16.5. The minimum atomic E-state index is -0.541. The van der Waals surface area contributed by atoms with Crippen molar-refractivity contribution in [1.29, 1.82) is 0 Å². The molecule has 3 heterocycles. The van der Waals surface area contributed by atoms with Gasteiger partial charge in [-0.1, -0.05) is 35.9 Å². The van der Waals surface area contributed by atoms with Crippen molar-refractivity contribution < 1.29 is 19.4 Å². The molecule has 0 unspecified atom stereocenters. The number of carbonyl (C=O) groups excluding carboxylic acids is 1. The van der Waals surface area contributed by atoms with Crippen LogP contribution in [0, 0.1) is 0 Å². The average Bonchev–Trinajstić information content (AvgIpc) is 3.12. The molecule has 1 saturated heterocycles. The molecule has 0 spiro atoms. The Morgan fingerprint density at radius 1 is 1.24 bits per heavy atom. The van der Waals surface area contributed by atoms with E-state index >= 15 is 0 Å². The number of aliphatic hydroxyl groups excluding tert-OH is 1. The number of fused-ring (bicyclic) bond motifs is 1. The maximum absolute atomic E-state index is 13.2. The Bertz CT molecular complexity index is 1240. The Morgan fingerprint density at radius 3 is 2.88 bits per heavy atom. The lowest BCUT2D eigenvalue weighted by molar-refractivity contribution is -0.118. The topological polar surface area (TPSA) is 83.9 Å². The van der Waals surface area contributed by atoms with Crippen molar-refractivity contribution in [1.82, 2.24) is 9.88 Å². The number of aromatic nitrogens is 1. The maximum atomic E-state index is 13.2. The molecule has 176 valence electrons. The van der Waals surface area contributed by atoms with Gasteiger partial charge < -0.3 is 19.9 Å². The van der Waals surface area contributed by atoms with Crippen molar-refractivity contribution in [3.8, 4) is 11.5 Å². The number of nitrogens with zero attached hydrogens (tertiary/aromatic N) is 2. The number of rotatable bonds is 6. The van der Waals surface area contributed by atoms with Crippen LogP contribution in [0.25, 0.3) is 0 Å². The summed E-state index contributed by atoms with van der Waals surface area (Å²) in [4.78, 5) is 20.9. The van der Waals surface area contributed by atoms with Gasteiger partial charge in [0.05, 0.1) is 17.6 Å². The van der Waals surface area contributed by atoms with E-state index in [0.717, 1.165) is 35.4 Å². The van der Waals surface area contributed by atoms with Crippen LogP contribution in [0.5, 0.6) is 11.5 Å². The number of carbonyl (C=O) groups is 1. The van der Waals surface area contributed by atoms with Gasteiger partial charge in [-0.2, -0.15) is 0 Å². The van der Waals surface area contributed by atoms with E-state index in [0.29, 0.717) is 34.6 Å². The molecule has 1 aromatic heterocycles. The Hall–Kier alpha value is -2.65. The SMILES string of the molecule is O=C(Nc1ncc(CN2CC[C@@H](O)[C@@H]2c2ccccc2Cl)s1)C1(c2ccc3c(c2)OCO3)CC1. The first-order valence-corrected chi connectivity index (χ1v) is 12.6. The van der Waals surface area contributed by atoms with Crippen molar-refractivity contribution in [2.75, 3.05) is 18.7 Å². The molecular weight excluding hydrogens is 474 g/mol. The normalized spacial score (nSPS) is 22.6. The molecule has 1 saturated carbocycles. The standard InChI is InChI=1S/C25H24ClN3O4S/c26-18-4-2-1-3-17(18)22-19(30)7-10-29(22)13-16-12-27-24(34-16)28-23(31)25(8-9-25)15-5-6-20-21(11-15)33-14-32-20/h1-6,11-12,19,22,30H,7-10,13-14H2,(H,27,28,31)/t19-,22+/m1/s1. The minimum Gasteiger partial charge on any atom is -0.454 e. The summed E-state index contributed by atoms with van der Waals surface area (Å²) in [6.45, 7) is 1.61. The molecule has 2 aromatic carbocycles. The van der Waals surface area contributed by atoms with Crippen molar-refractivity contribution in [2.45, 2.75) is 43.4 Å². The summed E-state index contributed by atoms with van der Waals surface area (Å²) in [5, 5.41) is 14.9. The fraction of sp³-hybridized carbons (Fsp3) is 0.360. The molecule has 34 heavy (non-hydrogen) atoms. The van der Waals surface area contributed by atoms with E-state index in [1.807, 2.05) is 42.5 Å². The van der Waals surface area contributed by atoms with E-state index in [1.165, 1.54) is 11.3 Å². The molecule has 2 aliphatic heterocycles. The maximum Gasteiger partial charge on any atom is 0.236 e. The first kappa shape index (κ1) is 21.9. The number of hydrogen-bond donors (Lipinski definition) is 2. The number of amides is 1. The molecule has 3 aromatic rings. The third-order valence-corrected chi connectivity index (χ3v) is 8.18. The summed E-state index contributed by atoms with van der Waals surface area (Å²) in [5.41, 5.74) is 1.34. The number of nitrogens with one attached hydrogen (secondary N) is 1. The van der Waals surface area contributed by atoms with Crippen molar-refractivity contribution >= 4 is 34.0 Å². The van der Waals surface area contributed by atoms with Crippen molar-refractivity contribution in [3.63, 3.8) is 0 Å². The Morgan fingerprint density at radius 2 is 2.06 bits per heavy atom. The van der Waals surface area contributed by atoms with Gasteiger partial charge in [0.15, 0.2) is 16.6 Å². The quantitative estimate of drug-likeness (QED) is 0.521. The lowest BCUT2D eigenvalue weighted by Crippen LogP contribution is -2.27. The highest BCUT2D eigenvalue weighted by Gasteiger charge is 2.52. The number of likely N-dealkylation sites (tertiary alicyclic amines) is 1. The summed E-state index contributed by atoms with van der Waals surface area (Å²) in [5.74, 6) is 1.36. The van der Waals surface area contributed by atoms with Crippen LogP contribution < -0.4 is 14.8 Å². The van der Waals surface area contributed by atoms with Gasteiger partial charge in [-0.25, -0.2) is 4.98 Å². The number of hydrogen-bond acceptors (Lipinski definition) is 7. The molecule has 7 nitrogen and oxygen atoms in total. The molecule has 0 bridgehead atoms. The predicted octanol–water partition coefficient (Wildman–Crippen LogP) is 4.50. The number of benzene rings is 2. The monoisotopic (exact) mass is 497 g/mol. The summed E-state index contributed by atoms with van der Waals surface area (Å²) in [6.07, 6.45) is 3.61. The van der Waals surface area contributed by atoms with Gasteiger partial charge in [-0.3, -0.25) is 9.69 Å². The summed E-state index contributed by atoms with van der Waals surface area (Å²) in [6, 6.07) is 13.2. The van der Waals surface area contributed by atoms with Crippen LogP contribution in [0.15, 0.2) is 48.7 Å². The van der Waals surface area contributed by atoms with Crippen molar-refractivity contribution in [2.24, 2.45) is 0 Å². The number of aliphatic hydroxyl groups is 1. The molecule has 2 N–H and O–H groups in total. The van der Waals surface area contributed by atoms with Gasteiger partial charge in [0.1, 0.15) is 0 Å². The second kappa shape index (κ2) is 8.53. The fourth-order valence-electron chi connectivity index (χ4n) is 4.96. The highest BCUT2D eigenvalue weighted by atomic mass is 35.5. The van der Waals surface area contributed by atoms with Gasteiger partial charge >= 0.3 is 0 Å². The van der Waals surface area contributed by atoms with Crippen molar-refractivity contribution in [3.05, 3.63) is 69.7 Å². The Kier molecular flexibility index (Phi) is 5.49. The van der Waals surface area contributed by atoms with E-state index < -0.39 is 11.5 Å². The van der Waals surface area contributed by atoms with Crippen LogP contribution >= 0.6 is 22.9 Å². The van der Waals surface area contributed by atoms with Gasteiger partial charge in [-0.15, -0.1) is 11.3 Å². The lowest BCUT2D eigenvalue weighted by atomic mass is 9.94. The van der Waals surface area contributed by atoms with Gasteiger partial charge in [-0.05, 0) is 48.6 Å². The van der Waals surface area contributed by atoms with Gasteiger partial charge in [0.2, 0.25) is 12.7 Å². The first-order valence-electron chi connectivity index (χ1n) is 11.4. The minimum absolute atomic E-state index is 0.0437. The highest BCUT2D eigenvalue weighted by Crippen LogP contribution is 2.51. The average molecular weight is 498 g/mol. The second-order valence-corrected chi connectivity index (χ2v) is 10.6. The number of ether oxygens (including phenoxy) is 2. The summed E-state index contributed by atoms with van der Waals surface area (Å²) < 4.78 is 10.9. The lowest BCUT2D eigenvalue weighted by Gasteiger charge is -2.26. The predicted molar refractivity (Wildman–Crippen MR) is 129 cm³/mol. The molecule has 2 fully saturated rings. The summed E-state index contributed by atoms with van der Waals surface area (Å²) >= 11 is 7.89.